The number of hydrogen-bond acceptors (Lipinski definition) is 4. The Hall–Kier alpha value is -2.94. The molecule has 3 rings (SSSR count). The van der Waals surface area contributed by atoms with Gasteiger partial charge in [-0.3, -0.25) is 9.59 Å². The Kier molecular flexibility index (Phi) is 6.59. The van der Waals surface area contributed by atoms with Crippen LogP contribution in [0.2, 0.25) is 0 Å². The number of carbonyl (C=O) groups is 2. The fraction of sp³-hybridized carbons (Fsp3) is 0.211. The Labute approximate surface area is 164 Å². The predicted octanol–water partition coefficient (Wildman–Crippen LogP) is 2.90. The number of carbonyl (C=O) groups excluding carboxylic acids is 2. The van der Waals surface area contributed by atoms with Crippen molar-refractivity contribution in [1.29, 1.82) is 0 Å². The normalized spacial score (nSPS) is 11.0. The Bertz CT molecular complexity index is 963. The highest BCUT2D eigenvalue weighted by atomic mass is 32.2. The summed E-state index contributed by atoms with van der Waals surface area (Å²) in [6, 6.07) is 15.7. The minimum Gasteiger partial charge on any atom is -0.353 e. The monoisotopic (exact) mass is 404 g/mol. The van der Waals surface area contributed by atoms with Gasteiger partial charge in [0, 0.05) is 18.7 Å². The zero-order valence-corrected chi connectivity index (χ0v) is 15.6. The third-order valence-electron chi connectivity index (χ3n) is 3.88. The topological polar surface area (TPSA) is 76.0 Å². The summed E-state index contributed by atoms with van der Waals surface area (Å²) in [6.07, 6.45) is 0. The van der Waals surface area contributed by atoms with Gasteiger partial charge in [0.2, 0.25) is 5.91 Å². The van der Waals surface area contributed by atoms with Crippen LogP contribution >= 0.6 is 11.8 Å². The van der Waals surface area contributed by atoms with Gasteiger partial charge in [0.05, 0.1) is 11.0 Å². The number of alkyl halides is 2. The number of rotatable bonds is 8. The first-order valence-electron chi connectivity index (χ1n) is 8.54. The van der Waals surface area contributed by atoms with E-state index >= 15 is 0 Å². The molecule has 0 fully saturated rings. The summed E-state index contributed by atoms with van der Waals surface area (Å²) in [7, 11) is 0. The smallest absolute Gasteiger partial charge is 0.291 e. The van der Waals surface area contributed by atoms with Crippen molar-refractivity contribution in [3.63, 3.8) is 0 Å². The van der Waals surface area contributed by atoms with Crippen molar-refractivity contribution in [3.8, 4) is 0 Å². The molecule has 0 spiro atoms. The van der Waals surface area contributed by atoms with Crippen molar-refractivity contribution in [3.05, 3.63) is 60.2 Å². The van der Waals surface area contributed by atoms with Crippen LogP contribution in [0.15, 0.2) is 59.8 Å². The molecule has 0 saturated carbocycles. The van der Waals surface area contributed by atoms with Crippen LogP contribution in [0.4, 0.5) is 8.78 Å². The molecule has 0 saturated heterocycles. The SMILES string of the molecule is O=C(Cn1c(SC(F)F)nc2ccccc21)NCCNC(=O)c1ccccc1. The average Bonchev–Trinajstić information content (AvgIpc) is 3.02. The Morgan fingerprint density at radius 3 is 2.43 bits per heavy atom. The number of nitrogens with one attached hydrogen (secondary N) is 2. The van der Waals surface area contributed by atoms with Gasteiger partial charge in [-0.2, -0.15) is 8.78 Å². The van der Waals surface area contributed by atoms with E-state index in [-0.39, 0.29) is 36.6 Å². The van der Waals surface area contributed by atoms with Crippen molar-refractivity contribution in [2.75, 3.05) is 13.1 Å². The van der Waals surface area contributed by atoms with Gasteiger partial charge in [-0.15, -0.1) is 0 Å². The Morgan fingerprint density at radius 2 is 1.68 bits per heavy atom. The van der Waals surface area contributed by atoms with Gasteiger partial charge in [0.1, 0.15) is 6.54 Å². The first-order valence-corrected chi connectivity index (χ1v) is 9.42. The average molecular weight is 404 g/mol. The van der Waals surface area contributed by atoms with E-state index in [1.54, 1.807) is 48.5 Å². The van der Waals surface area contributed by atoms with Gasteiger partial charge < -0.3 is 15.2 Å². The summed E-state index contributed by atoms with van der Waals surface area (Å²) in [4.78, 5) is 28.3. The van der Waals surface area contributed by atoms with Crippen molar-refractivity contribution in [2.45, 2.75) is 17.5 Å². The summed E-state index contributed by atoms with van der Waals surface area (Å²) < 4.78 is 27.1. The molecule has 0 unspecified atom stereocenters. The van der Waals surface area contributed by atoms with Crippen LogP contribution in [-0.4, -0.2) is 40.2 Å². The third kappa shape index (κ3) is 5.07. The summed E-state index contributed by atoms with van der Waals surface area (Å²) in [6.45, 7) is 0.340. The van der Waals surface area contributed by atoms with Crippen molar-refractivity contribution < 1.29 is 18.4 Å². The predicted molar refractivity (Wildman–Crippen MR) is 103 cm³/mol. The number of fused-ring (bicyclic) bond motifs is 1. The molecule has 146 valence electrons. The molecular weight excluding hydrogens is 386 g/mol. The zero-order valence-electron chi connectivity index (χ0n) is 14.8. The number of imidazole rings is 1. The van der Waals surface area contributed by atoms with Crippen molar-refractivity contribution in [2.24, 2.45) is 0 Å². The van der Waals surface area contributed by atoms with Gasteiger partial charge in [-0.1, -0.05) is 30.3 Å². The van der Waals surface area contributed by atoms with Crippen LogP contribution in [-0.2, 0) is 11.3 Å². The highest BCUT2D eigenvalue weighted by Crippen LogP contribution is 2.28. The van der Waals surface area contributed by atoms with Crippen LogP contribution < -0.4 is 10.6 Å². The fourth-order valence-electron chi connectivity index (χ4n) is 2.64. The largest absolute Gasteiger partial charge is 0.353 e. The van der Waals surface area contributed by atoms with E-state index in [9.17, 15) is 18.4 Å². The van der Waals surface area contributed by atoms with E-state index in [0.29, 0.717) is 28.4 Å². The number of thioether (sulfide) groups is 1. The molecule has 3 aromatic rings. The summed E-state index contributed by atoms with van der Waals surface area (Å²) in [5.41, 5.74) is 1.69. The Balaban J connectivity index is 1.55. The Morgan fingerprint density at radius 1 is 1.00 bits per heavy atom. The maximum atomic E-state index is 12.8. The molecule has 2 aromatic carbocycles. The van der Waals surface area contributed by atoms with Crippen LogP contribution in [0.1, 0.15) is 10.4 Å². The summed E-state index contributed by atoms with van der Waals surface area (Å²) in [5, 5.41) is 5.46. The van der Waals surface area contributed by atoms with E-state index in [1.165, 1.54) is 4.57 Å². The van der Waals surface area contributed by atoms with Gasteiger partial charge in [-0.05, 0) is 36.0 Å². The maximum absolute atomic E-state index is 12.8. The standard InChI is InChI=1S/C19H18F2N4O2S/c20-18(21)28-19-24-14-8-4-5-9-15(14)25(19)12-16(26)22-10-11-23-17(27)13-6-2-1-3-7-13/h1-9,18H,10-12H2,(H,22,26)(H,23,27). The number of hydrogen-bond donors (Lipinski definition) is 2. The lowest BCUT2D eigenvalue weighted by Crippen LogP contribution is -2.36. The van der Waals surface area contributed by atoms with Crippen LogP contribution in [0.25, 0.3) is 11.0 Å². The van der Waals surface area contributed by atoms with Crippen LogP contribution in [0.5, 0.6) is 0 Å². The quantitative estimate of drug-likeness (QED) is 0.447. The molecule has 9 heteroatoms. The van der Waals surface area contributed by atoms with E-state index in [1.807, 2.05) is 6.07 Å². The molecule has 1 heterocycles. The van der Waals surface area contributed by atoms with Gasteiger partial charge >= 0.3 is 0 Å². The molecule has 1 aromatic heterocycles. The first-order chi connectivity index (χ1) is 13.5. The molecule has 2 N–H and O–H groups in total. The molecule has 28 heavy (non-hydrogen) atoms. The number of aromatic nitrogens is 2. The number of para-hydroxylation sites is 2. The second kappa shape index (κ2) is 9.32. The number of benzene rings is 2. The zero-order chi connectivity index (χ0) is 19.9. The highest BCUT2D eigenvalue weighted by molar-refractivity contribution is 7.99. The molecule has 0 aliphatic heterocycles. The van der Waals surface area contributed by atoms with E-state index in [0.717, 1.165) is 0 Å². The summed E-state index contributed by atoms with van der Waals surface area (Å²) >= 11 is 0.304. The number of nitrogens with zero attached hydrogens (tertiary/aromatic N) is 2. The minimum absolute atomic E-state index is 0.0868. The molecular formula is C19H18F2N4O2S. The number of amides is 2. The molecule has 0 aliphatic rings. The van der Waals surface area contributed by atoms with Crippen LogP contribution in [0, 0.1) is 0 Å². The second-order valence-electron chi connectivity index (χ2n) is 5.82. The van der Waals surface area contributed by atoms with E-state index in [4.69, 9.17) is 0 Å². The van der Waals surface area contributed by atoms with Crippen molar-refractivity contribution >= 4 is 34.6 Å². The van der Waals surface area contributed by atoms with Gasteiger partial charge in [0.15, 0.2) is 5.16 Å². The lowest BCUT2D eigenvalue weighted by atomic mass is 10.2. The molecule has 0 aliphatic carbocycles. The van der Waals surface area contributed by atoms with E-state index < -0.39 is 5.76 Å². The van der Waals surface area contributed by atoms with Gasteiger partial charge in [0.25, 0.3) is 11.7 Å². The third-order valence-corrected chi connectivity index (χ3v) is 4.59. The van der Waals surface area contributed by atoms with Crippen molar-refractivity contribution in [1.82, 2.24) is 20.2 Å². The molecule has 6 nitrogen and oxygen atoms in total. The lowest BCUT2D eigenvalue weighted by molar-refractivity contribution is -0.121. The summed E-state index contributed by atoms with van der Waals surface area (Å²) in [5.74, 6) is -3.22. The highest BCUT2D eigenvalue weighted by Gasteiger charge is 2.17. The number of halogens is 2. The fourth-order valence-corrected chi connectivity index (χ4v) is 3.25. The van der Waals surface area contributed by atoms with Crippen LogP contribution in [0.3, 0.4) is 0 Å². The second-order valence-corrected chi connectivity index (χ2v) is 6.78. The van der Waals surface area contributed by atoms with Gasteiger partial charge in [-0.25, -0.2) is 4.98 Å². The molecule has 0 radical (unpaired) electrons. The molecule has 0 bridgehead atoms. The molecule has 0 atom stereocenters. The minimum atomic E-state index is -2.63. The maximum Gasteiger partial charge on any atom is 0.291 e. The first kappa shape index (κ1) is 19.8. The molecule has 2 amide bonds. The lowest BCUT2D eigenvalue weighted by Gasteiger charge is -2.10. The van der Waals surface area contributed by atoms with E-state index in [2.05, 4.69) is 15.6 Å².